The van der Waals surface area contributed by atoms with E-state index in [9.17, 15) is 0 Å². The van der Waals surface area contributed by atoms with Crippen molar-refractivity contribution in [1.29, 1.82) is 0 Å². The summed E-state index contributed by atoms with van der Waals surface area (Å²) in [6.45, 7) is 7.94. The van der Waals surface area contributed by atoms with Crippen LogP contribution in [0.2, 0.25) is 0 Å². The molecule has 1 aliphatic heterocycles. The standard InChI is InChI=1S/C13H21BrN2S/c1-9(15)12(10-5-6-11(14)17-10)16-8-4-7-13(16,2)3/h5-6,9,12H,4,7-8,15H2,1-3H3. The average molecular weight is 317 g/mol. The Morgan fingerprint density at radius 3 is 2.59 bits per heavy atom. The van der Waals surface area contributed by atoms with E-state index < -0.39 is 0 Å². The predicted octanol–water partition coefficient (Wildman–Crippen LogP) is 3.77. The van der Waals surface area contributed by atoms with Crippen molar-refractivity contribution in [2.24, 2.45) is 5.73 Å². The van der Waals surface area contributed by atoms with Gasteiger partial charge in [0.25, 0.3) is 0 Å². The van der Waals surface area contributed by atoms with Gasteiger partial charge >= 0.3 is 0 Å². The van der Waals surface area contributed by atoms with E-state index in [1.54, 1.807) is 11.3 Å². The van der Waals surface area contributed by atoms with Crippen LogP contribution in [0.3, 0.4) is 0 Å². The van der Waals surface area contributed by atoms with Crippen LogP contribution in [0, 0.1) is 0 Å². The molecule has 96 valence electrons. The lowest BCUT2D eigenvalue weighted by Gasteiger charge is -2.40. The summed E-state index contributed by atoms with van der Waals surface area (Å²) in [6, 6.07) is 4.84. The fourth-order valence-electron chi connectivity index (χ4n) is 2.83. The van der Waals surface area contributed by atoms with Crippen LogP contribution in [0.25, 0.3) is 0 Å². The lowest BCUT2D eigenvalue weighted by atomic mass is 9.97. The summed E-state index contributed by atoms with van der Waals surface area (Å²) in [5, 5.41) is 0. The second kappa shape index (κ2) is 5.00. The zero-order valence-corrected chi connectivity index (χ0v) is 13.1. The van der Waals surface area contributed by atoms with Crippen molar-refractivity contribution < 1.29 is 0 Å². The van der Waals surface area contributed by atoms with Gasteiger partial charge in [-0.3, -0.25) is 4.90 Å². The predicted molar refractivity (Wildman–Crippen MR) is 78.4 cm³/mol. The zero-order valence-electron chi connectivity index (χ0n) is 10.7. The maximum Gasteiger partial charge on any atom is 0.0702 e. The molecule has 0 aliphatic carbocycles. The van der Waals surface area contributed by atoms with Crippen LogP contribution in [0.4, 0.5) is 0 Å². The first kappa shape index (κ1) is 13.5. The van der Waals surface area contributed by atoms with E-state index in [-0.39, 0.29) is 11.6 Å². The molecule has 2 rings (SSSR count). The van der Waals surface area contributed by atoms with Crippen molar-refractivity contribution in [2.45, 2.75) is 51.2 Å². The summed E-state index contributed by atoms with van der Waals surface area (Å²) < 4.78 is 1.19. The topological polar surface area (TPSA) is 29.3 Å². The molecule has 0 radical (unpaired) electrons. The number of hydrogen-bond acceptors (Lipinski definition) is 3. The van der Waals surface area contributed by atoms with Crippen LogP contribution in [0.5, 0.6) is 0 Å². The first-order valence-electron chi connectivity index (χ1n) is 6.19. The van der Waals surface area contributed by atoms with Crippen molar-refractivity contribution in [2.75, 3.05) is 6.54 Å². The van der Waals surface area contributed by atoms with Gasteiger partial charge in [0.15, 0.2) is 0 Å². The highest BCUT2D eigenvalue weighted by atomic mass is 79.9. The van der Waals surface area contributed by atoms with Gasteiger partial charge in [-0.25, -0.2) is 0 Å². The van der Waals surface area contributed by atoms with Crippen molar-refractivity contribution >= 4 is 27.3 Å². The molecule has 1 aromatic heterocycles. The van der Waals surface area contributed by atoms with E-state index in [4.69, 9.17) is 5.73 Å². The van der Waals surface area contributed by atoms with Crippen molar-refractivity contribution in [3.63, 3.8) is 0 Å². The normalized spacial score (nSPS) is 23.8. The van der Waals surface area contributed by atoms with Gasteiger partial charge in [0.05, 0.1) is 9.83 Å². The van der Waals surface area contributed by atoms with Crippen molar-refractivity contribution in [3.05, 3.63) is 20.8 Å². The molecular weight excluding hydrogens is 296 g/mol. The number of nitrogens with two attached hydrogens (primary N) is 1. The van der Waals surface area contributed by atoms with Gasteiger partial charge < -0.3 is 5.73 Å². The van der Waals surface area contributed by atoms with Gasteiger partial charge in [0.1, 0.15) is 0 Å². The molecule has 17 heavy (non-hydrogen) atoms. The fraction of sp³-hybridized carbons (Fsp3) is 0.692. The van der Waals surface area contributed by atoms with Crippen LogP contribution < -0.4 is 5.73 Å². The first-order valence-corrected chi connectivity index (χ1v) is 7.80. The SMILES string of the molecule is CC(N)C(c1ccc(Br)s1)N1CCCC1(C)C. The van der Waals surface area contributed by atoms with E-state index in [1.807, 2.05) is 0 Å². The highest BCUT2D eigenvalue weighted by Gasteiger charge is 2.39. The van der Waals surface area contributed by atoms with Crippen LogP contribution in [-0.2, 0) is 0 Å². The molecule has 2 N–H and O–H groups in total. The van der Waals surface area contributed by atoms with Crippen LogP contribution in [0.15, 0.2) is 15.9 Å². The molecule has 2 heterocycles. The Morgan fingerprint density at radius 1 is 1.47 bits per heavy atom. The molecule has 0 spiro atoms. The summed E-state index contributed by atoms with van der Waals surface area (Å²) in [5.41, 5.74) is 6.50. The molecule has 0 saturated carbocycles. The summed E-state index contributed by atoms with van der Waals surface area (Å²) >= 11 is 5.35. The molecule has 4 heteroatoms. The number of hydrogen-bond donors (Lipinski definition) is 1. The molecule has 1 aliphatic rings. The minimum atomic E-state index is 0.165. The Hall–Kier alpha value is 0.1000. The maximum absolute atomic E-state index is 6.23. The molecule has 0 amide bonds. The monoisotopic (exact) mass is 316 g/mol. The fourth-order valence-corrected chi connectivity index (χ4v) is 4.48. The average Bonchev–Trinajstić information content (AvgIpc) is 2.75. The molecule has 1 aromatic rings. The third-order valence-corrected chi connectivity index (χ3v) is 5.38. The highest BCUT2D eigenvalue weighted by molar-refractivity contribution is 9.11. The number of likely N-dealkylation sites (tertiary alicyclic amines) is 1. The molecular formula is C13H21BrN2S. The molecule has 0 aromatic carbocycles. The quantitative estimate of drug-likeness (QED) is 0.919. The summed E-state index contributed by atoms with van der Waals surface area (Å²) in [4.78, 5) is 3.96. The van der Waals surface area contributed by atoms with E-state index >= 15 is 0 Å². The minimum absolute atomic E-state index is 0.165. The van der Waals surface area contributed by atoms with E-state index in [0.717, 1.165) is 6.54 Å². The highest BCUT2D eigenvalue weighted by Crippen LogP contribution is 2.40. The molecule has 0 bridgehead atoms. The Bertz CT molecular complexity index is 387. The second-order valence-electron chi connectivity index (χ2n) is 5.56. The molecule has 1 fully saturated rings. The van der Waals surface area contributed by atoms with Crippen LogP contribution in [0.1, 0.15) is 44.5 Å². The zero-order chi connectivity index (χ0) is 12.6. The number of halogens is 1. The van der Waals surface area contributed by atoms with Crippen molar-refractivity contribution in [1.82, 2.24) is 4.90 Å². The van der Waals surface area contributed by atoms with Gasteiger partial charge in [-0.1, -0.05) is 0 Å². The minimum Gasteiger partial charge on any atom is -0.326 e. The summed E-state index contributed by atoms with van der Waals surface area (Å²) in [7, 11) is 0. The lowest BCUT2D eigenvalue weighted by molar-refractivity contribution is 0.103. The molecule has 2 atom stereocenters. The second-order valence-corrected chi connectivity index (χ2v) is 8.05. The van der Waals surface area contributed by atoms with Crippen LogP contribution in [-0.4, -0.2) is 23.0 Å². The van der Waals surface area contributed by atoms with Gasteiger partial charge in [0.2, 0.25) is 0 Å². The van der Waals surface area contributed by atoms with Gasteiger partial charge in [0, 0.05) is 16.5 Å². The third kappa shape index (κ3) is 2.75. The number of nitrogens with zero attached hydrogens (tertiary/aromatic N) is 1. The Kier molecular flexibility index (Phi) is 3.98. The third-order valence-electron chi connectivity index (χ3n) is 3.68. The Balaban J connectivity index is 2.30. The molecule has 2 nitrogen and oxygen atoms in total. The number of thiophene rings is 1. The summed E-state index contributed by atoms with van der Waals surface area (Å²) in [6.07, 6.45) is 2.55. The smallest absolute Gasteiger partial charge is 0.0702 e. The lowest BCUT2D eigenvalue weighted by Crippen LogP contribution is -2.46. The van der Waals surface area contributed by atoms with Crippen LogP contribution >= 0.6 is 27.3 Å². The largest absolute Gasteiger partial charge is 0.326 e. The first-order chi connectivity index (χ1) is 7.92. The van der Waals surface area contributed by atoms with E-state index in [2.05, 4.69) is 53.7 Å². The van der Waals surface area contributed by atoms with E-state index in [0.29, 0.717) is 6.04 Å². The van der Waals surface area contributed by atoms with Crippen molar-refractivity contribution in [3.8, 4) is 0 Å². The van der Waals surface area contributed by atoms with Gasteiger partial charge in [-0.05, 0) is 68.2 Å². The maximum atomic E-state index is 6.23. The van der Waals surface area contributed by atoms with Gasteiger partial charge in [-0.2, -0.15) is 0 Å². The Morgan fingerprint density at radius 2 is 2.18 bits per heavy atom. The Labute approximate surface area is 116 Å². The molecule has 1 saturated heterocycles. The summed E-state index contributed by atoms with van der Waals surface area (Å²) in [5.74, 6) is 0. The molecule has 2 unspecified atom stereocenters. The van der Waals surface area contributed by atoms with Gasteiger partial charge in [-0.15, -0.1) is 11.3 Å². The number of rotatable bonds is 3. The van der Waals surface area contributed by atoms with E-state index in [1.165, 1.54) is 21.5 Å².